The molecule has 4 N–H and O–H groups in total. The molecule has 1 aromatic heterocycles. The molecule has 3 aromatic rings. The monoisotopic (exact) mass is 533 g/mol. The fourth-order valence-electron chi connectivity index (χ4n) is 4.64. The first kappa shape index (κ1) is 27.2. The Hall–Kier alpha value is -3.84. The van der Waals surface area contributed by atoms with E-state index in [-0.39, 0.29) is 0 Å². The zero-order valence-corrected chi connectivity index (χ0v) is 23.8. The van der Waals surface area contributed by atoms with Crippen molar-refractivity contribution in [1.29, 1.82) is 0 Å². The molecule has 0 saturated heterocycles. The molecule has 0 unspecified atom stereocenters. The van der Waals surface area contributed by atoms with Gasteiger partial charge in [-0.1, -0.05) is 12.1 Å². The minimum atomic E-state index is -2.49. The quantitative estimate of drug-likeness (QED) is 0.358. The van der Waals surface area contributed by atoms with E-state index in [1.54, 1.807) is 39.9 Å². The zero-order valence-electron chi connectivity index (χ0n) is 22.9. The number of hydrogen-bond acceptors (Lipinski definition) is 9. The number of para-hydroxylation sites is 1. The van der Waals surface area contributed by atoms with E-state index in [1.807, 2.05) is 43.3 Å². The van der Waals surface area contributed by atoms with E-state index in [0.717, 1.165) is 58.6 Å². The lowest BCUT2D eigenvalue weighted by molar-refractivity contribution is 0.416. The highest BCUT2D eigenvalue weighted by atomic mass is 31.2. The van der Waals surface area contributed by atoms with Crippen molar-refractivity contribution < 1.29 is 9.30 Å². The molecular weight excluding hydrogens is 497 g/mol. The summed E-state index contributed by atoms with van der Waals surface area (Å²) in [7, 11) is 0.950. The lowest BCUT2D eigenvalue weighted by Crippen LogP contribution is -2.24. The first-order valence-electron chi connectivity index (χ1n) is 12.6. The third-order valence-electron chi connectivity index (χ3n) is 6.65. The first-order valence-corrected chi connectivity index (χ1v) is 15.2. The Morgan fingerprint density at radius 2 is 1.97 bits per heavy atom. The molecule has 0 aliphatic carbocycles. The molecular formula is C28H36N7O2P. The molecule has 1 aliphatic heterocycles. The summed E-state index contributed by atoms with van der Waals surface area (Å²) in [5, 5.41) is 7.47. The van der Waals surface area contributed by atoms with E-state index in [9.17, 15) is 4.57 Å². The zero-order chi connectivity index (χ0) is 27.4. The maximum atomic E-state index is 12.8. The second kappa shape index (κ2) is 11.3. The molecule has 0 saturated carbocycles. The van der Waals surface area contributed by atoms with Crippen molar-refractivity contribution in [1.82, 2.24) is 9.97 Å². The van der Waals surface area contributed by atoms with Gasteiger partial charge in [0.15, 0.2) is 0 Å². The molecule has 38 heavy (non-hydrogen) atoms. The summed E-state index contributed by atoms with van der Waals surface area (Å²) in [6, 6.07) is 11.6. The normalized spacial score (nSPS) is 15.8. The van der Waals surface area contributed by atoms with Crippen molar-refractivity contribution in [3.05, 3.63) is 59.9 Å². The molecule has 4 rings (SSSR count). The van der Waals surface area contributed by atoms with Crippen molar-refractivity contribution in [2.24, 2.45) is 10.7 Å². The number of nitrogens with two attached hydrogens (primary N) is 1. The first-order chi connectivity index (χ1) is 18.2. The Bertz CT molecular complexity index is 1450. The second-order valence-corrected chi connectivity index (χ2v) is 12.7. The Morgan fingerprint density at radius 3 is 2.63 bits per heavy atom. The SMILES string of the molecule is CCN1CCC(=NC)C(=CN)c2cc(Nc3ncc(C)c(Nc4ccccc4P(C)(C)=O)n3)c(OC)cc21. The standard InChI is InChI=1S/C28H36N7O2P/c1-7-35-13-12-21(30-3)20(16-29)19-14-23(25(37-4)15-24(19)35)33-28-31-17-18(2)27(34-28)32-22-10-8-9-11-26(22)38(5,6)36/h8-11,14-17H,7,12-13,29H2,1-6H3,(H2,31,32,33,34). The number of allylic oxidation sites excluding steroid dienone is 1. The number of hydrogen-bond donors (Lipinski definition) is 3. The summed E-state index contributed by atoms with van der Waals surface area (Å²) in [6.45, 7) is 9.26. The fourth-order valence-corrected chi connectivity index (χ4v) is 5.79. The third-order valence-corrected chi connectivity index (χ3v) is 8.20. The van der Waals surface area contributed by atoms with Gasteiger partial charge in [-0.15, -0.1) is 0 Å². The Labute approximate surface area is 224 Å². The van der Waals surface area contributed by atoms with Crippen LogP contribution in [0.5, 0.6) is 5.75 Å². The number of rotatable bonds is 7. The highest BCUT2D eigenvalue weighted by Crippen LogP contribution is 2.41. The largest absolute Gasteiger partial charge is 0.494 e. The average Bonchev–Trinajstić information content (AvgIpc) is 3.05. The predicted molar refractivity (Wildman–Crippen MR) is 160 cm³/mol. The van der Waals surface area contributed by atoms with Gasteiger partial charge in [0.1, 0.15) is 18.7 Å². The summed E-state index contributed by atoms with van der Waals surface area (Å²) in [5.74, 6) is 1.68. The minimum Gasteiger partial charge on any atom is -0.494 e. The van der Waals surface area contributed by atoms with Crippen molar-refractivity contribution in [3.63, 3.8) is 0 Å². The second-order valence-electron chi connectivity index (χ2n) is 9.49. The van der Waals surface area contributed by atoms with Gasteiger partial charge in [0.2, 0.25) is 5.95 Å². The van der Waals surface area contributed by atoms with Crippen LogP contribution in [0.25, 0.3) is 5.57 Å². The fraction of sp³-hybridized carbons (Fsp3) is 0.321. The smallest absolute Gasteiger partial charge is 0.229 e. The predicted octanol–water partition coefficient (Wildman–Crippen LogP) is 5.13. The van der Waals surface area contributed by atoms with Gasteiger partial charge in [0.25, 0.3) is 0 Å². The minimum absolute atomic E-state index is 0.397. The molecule has 200 valence electrons. The van der Waals surface area contributed by atoms with Crippen molar-refractivity contribution in [2.75, 3.05) is 56.1 Å². The van der Waals surface area contributed by atoms with Gasteiger partial charge in [-0.05, 0) is 45.4 Å². The number of benzene rings is 2. The number of nitrogens with zero attached hydrogens (tertiary/aromatic N) is 4. The van der Waals surface area contributed by atoms with Crippen LogP contribution < -0.4 is 31.3 Å². The van der Waals surface area contributed by atoms with Gasteiger partial charge in [-0.25, -0.2) is 4.98 Å². The van der Waals surface area contributed by atoms with Gasteiger partial charge in [0, 0.05) is 78.4 Å². The maximum absolute atomic E-state index is 12.8. The molecule has 0 spiro atoms. The Kier molecular flexibility index (Phi) is 8.07. The summed E-state index contributed by atoms with van der Waals surface area (Å²) in [4.78, 5) is 16.1. The number of aliphatic imine (C=N–C) groups is 1. The molecule has 2 heterocycles. The Balaban J connectivity index is 1.75. The van der Waals surface area contributed by atoms with Crippen LogP contribution in [-0.4, -0.2) is 56.3 Å². The molecule has 0 atom stereocenters. The topological polar surface area (TPSA) is 118 Å². The van der Waals surface area contributed by atoms with Crippen LogP contribution in [0.4, 0.5) is 28.8 Å². The average molecular weight is 534 g/mol. The van der Waals surface area contributed by atoms with Gasteiger partial charge in [0.05, 0.1) is 18.5 Å². The number of aromatic nitrogens is 2. The van der Waals surface area contributed by atoms with Crippen LogP contribution in [0.3, 0.4) is 0 Å². The number of methoxy groups -OCH3 is 1. The summed E-state index contributed by atoms with van der Waals surface area (Å²) in [6.07, 6.45) is 4.17. The number of ether oxygens (including phenoxy) is 1. The molecule has 10 heteroatoms. The van der Waals surface area contributed by atoms with Crippen LogP contribution in [-0.2, 0) is 4.57 Å². The van der Waals surface area contributed by atoms with E-state index in [2.05, 4.69) is 32.4 Å². The molecule has 0 amide bonds. The Morgan fingerprint density at radius 1 is 1.21 bits per heavy atom. The summed E-state index contributed by atoms with van der Waals surface area (Å²) in [5.41, 5.74) is 12.3. The molecule has 1 aliphatic rings. The van der Waals surface area contributed by atoms with Crippen LogP contribution in [0.15, 0.2) is 53.8 Å². The van der Waals surface area contributed by atoms with Crippen LogP contribution >= 0.6 is 7.14 Å². The van der Waals surface area contributed by atoms with E-state index in [0.29, 0.717) is 23.2 Å². The number of anilines is 5. The summed E-state index contributed by atoms with van der Waals surface area (Å²) < 4.78 is 18.6. The van der Waals surface area contributed by atoms with E-state index in [4.69, 9.17) is 15.5 Å². The van der Waals surface area contributed by atoms with Crippen LogP contribution in [0.1, 0.15) is 24.5 Å². The number of nitrogens with one attached hydrogen (secondary N) is 2. The van der Waals surface area contributed by atoms with Crippen molar-refractivity contribution in [3.8, 4) is 5.75 Å². The highest BCUT2D eigenvalue weighted by Gasteiger charge is 2.24. The van der Waals surface area contributed by atoms with Crippen molar-refractivity contribution >= 4 is 52.6 Å². The molecule has 0 bridgehead atoms. The van der Waals surface area contributed by atoms with Crippen molar-refractivity contribution in [2.45, 2.75) is 20.3 Å². The molecule has 0 fully saturated rings. The lowest BCUT2D eigenvalue weighted by Gasteiger charge is -2.24. The molecule has 0 radical (unpaired) electrons. The molecule has 9 nitrogen and oxygen atoms in total. The summed E-state index contributed by atoms with van der Waals surface area (Å²) >= 11 is 0. The lowest BCUT2D eigenvalue weighted by atomic mass is 9.98. The molecule has 2 aromatic carbocycles. The number of fused-ring (bicyclic) bond motifs is 1. The van der Waals surface area contributed by atoms with Gasteiger partial charge >= 0.3 is 0 Å². The third kappa shape index (κ3) is 5.53. The van der Waals surface area contributed by atoms with Crippen LogP contribution in [0.2, 0.25) is 0 Å². The van der Waals surface area contributed by atoms with Crippen LogP contribution in [0, 0.1) is 6.92 Å². The van der Waals surface area contributed by atoms with E-state index in [1.165, 1.54) is 0 Å². The highest BCUT2D eigenvalue weighted by molar-refractivity contribution is 7.70. The van der Waals surface area contributed by atoms with E-state index >= 15 is 0 Å². The van der Waals surface area contributed by atoms with E-state index < -0.39 is 7.14 Å². The van der Waals surface area contributed by atoms with Gasteiger partial charge in [-0.2, -0.15) is 4.98 Å². The number of aryl methyl sites for hydroxylation is 1. The van der Waals surface area contributed by atoms with Gasteiger partial charge in [-0.3, -0.25) is 4.99 Å². The van der Waals surface area contributed by atoms with Gasteiger partial charge < -0.3 is 30.6 Å². The maximum Gasteiger partial charge on any atom is 0.229 e.